The molecule has 0 saturated carbocycles. The summed E-state index contributed by atoms with van der Waals surface area (Å²) in [5.41, 5.74) is 0.941. The third-order valence-corrected chi connectivity index (χ3v) is 4.26. The van der Waals surface area contributed by atoms with Gasteiger partial charge in [-0.3, -0.25) is 10.1 Å². The number of carbonyl (C=O) groups excluding carboxylic acids is 1. The molecule has 5 nitrogen and oxygen atoms in total. The van der Waals surface area contributed by atoms with Gasteiger partial charge in [0.2, 0.25) is 5.91 Å². The van der Waals surface area contributed by atoms with Gasteiger partial charge in [0.1, 0.15) is 23.0 Å². The molecule has 0 fully saturated rings. The zero-order valence-corrected chi connectivity index (χ0v) is 15.5. The number of benzene rings is 1. The first-order valence-corrected chi connectivity index (χ1v) is 8.80. The summed E-state index contributed by atoms with van der Waals surface area (Å²) in [5, 5.41) is 6.65. The molecule has 1 unspecified atom stereocenters. The number of nitrogens with one attached hydrogen (secondary N) is 2. The minimum atomic E-state index is -0.107. The van der Waals surface area contributed by atoms with Gasteiger partial charge in [0.15, 0.2) is 0 Å². The van der Waals surface area contributed by atoms with Crippen LogP contribution in [0.15, 0.2) is 57.4 Å². The van der Waals surface area contributed by atoms with Gasteiger partial charge in [0.25, 0.3) is 0 Å². The molecule has 2 aromatic heterocycles. The Morgan fingerprint density at radius 2 is 1.85 bits per heavy atom. The van der Waals surface area contributed by atoms with Crippen molar-refractivity contribution in [2.75, 3.05) is 6.54 Å². The van der Waals surface area contributed by atoms with Crippen LogP contribution in [0.2, 0.25) is 5.02 Å². The number of halogens is 1. The average molecular weight is 373 g/mol. The van der Waals surface area contributed by atoms with E-state index in [0.29, 0.717) is 17.3 Å². The van der Waals surface area contributed by atoms with Crippen molar-refractivity contribution >= 4 is 17.5 Å². The van der Waals surface area contributed by atoms with Gasteiger partial charge in [-0.1, -0.05) is 11.6 Å². The predicted octanol–water partition coefficient (Wildman–Crippen LogP) is 4.47. The third kappa shape index (κ3) is 4.77. The summed E-state index contributed by atoms with van der Waals surface area (Å²) < 4.78 is 11.3. The Bertz CT molecular complexity index is 867. The van der Waals surface area contributed by atoms with Crippen LogP contribution >= 0.6 is 11.6 Å². The van der Waals surface area contributed by atoms with Crippen LogP contribution in [0.1, 0.15) is 30.2 Å². The normalized spacial score (nSPS) is 12.1. The number of hydrogen-bond acceptors (Lipinski definition) is 4. The van der Waals surface area contributed by atoms with Crippen LogP contribution in [-0.4, -0.2) is 12.5 Å². The molecule has 1 atom stereocenters. The van der Waals surface area contributed by atoms with Crippen LogP contribution in [0.3, 0.4) is 0 Å². The minimum Gasteiger partial charge on any atom is -0.465 e. The fourth-order valence-corrected chi connectivity index (χ4v) is 2.65. The van der Waals surface area contributed by atoms with E-state index in [0.717, 1.165) is 22.8 Å². The monoisotopic (exact) mass is 372 g/mol. The van der Waals surface area contributed by atoms with Crippen LogP contribution in [-0.2, 0) is 11.3 Å². The number of carbonyl (C=O) groups is 1. The first kappa shape index (κ1) is 18.3. The van der Waals surface area contributed by atoms with E-state index in [1.54, 1.807) is 0 Å². The molecule has 0 radical (unpaired) electrons. The van der Waals surface area contributed by atoms with E-state index < -0.39 is 0 Å². The van der Waals surface area contributed by atoms with E-state index in [9.17, 15) is 4.79 Å². The highest BCUT2D eigenvalue weighted by atomic mass is 35.5. The molecular formula is C20H21ClN2O3. The molecule has 0 aliphatic rings. The van der Waals surface area contributed by atoms with Crippen LogP contribution in [0, 0.1) is 6.92 Å². The molecule has 2 N–H and O–H groups in total. The average Bonchev–Trinajstić information content (AvgIpc) is 3.27. The Labute approximate surface area is 157 Å². The van der Waals surface area contributed by atoms with Gasteiger partial charge < -0.3 is 14.2 Å². The van der Waals surface area contributed by atoms with Gasteiger partial charge in [0.05, 0.1) is 19.1 Å². The maximum Gasteiger partial charge on any atom is 0.234 e. The predicted molar refractivity (Wildman–Crippen MR) is 101 cm³/mol. The van der Waals surface area contributed by atoms with Crippen LogP contribution in [0.4, 0.5) is 0 Å². The minimum absolute atomic E-state index is 0.0328. The van der Waals surface area contributed by atoms with Gasteiger partial charge in [-0.2, -0.15) is 0 Å². The van der Waals surface area contributed by atoms with Gasteiger partial charge in [-0.25, -0.2) is 0 Å². The van der Waals surface area contributed by atoms with Crippen molar-refractivity contribution in [2.24, 2.45) is 0 Å². The third-order valence-electron chi connectivity index (χ3n) is 4.01. The summed E-state index contributed by atoms with van der Waals surface area (Å²) in [5.74, 6) is 3.00. The fraction of sp³-hybridized carbons (Fsp3) is 0.250. The molecule has 0 aliphatic heterocycles. The van der Waals surface area contributed by atoms with Crippen molar-refractivity contribution in [2.45, 2.75) is 26.4 Å². The molecule has 1 aromatic carbocycles. The SMILES string of the molecule is Cc1ccc(C(C)NCC(=O)NCc2ccc(-c3ccc(Cl)cc3)o2)o1. The lowest BCUT2D eigenvalue weighted by Gasteiger charge is -2.11. The number of rotatable bonds is 7. The standard InChI is InChI=1S/C20H21ClN2O3/c1-13-3-9-18(25-13)14(2)22-12-20(24)23-11-17-8-10-19(26-17)15-4-6-16(21)7-5-15/h3-10,14,22H,11-12H2,1-2H3,(H,23,24). The quantitative estimate of drug-likeness (QED) is 0.642. The van der Waals surface area contributed by atoms with E-state index >= 15 is 0 Å². The van der Waals surface area contributed by atoms with Crippen LogP contribution in [0.5, 0.6) is 0 Å². The smallest absolute Gasteiger partial charge is 0.234 e. The molecule has 3 aromatic rings. The lowest BCUT2D eigenvalue weighted by Crippen LogP contribution is -2.34. The number of hydrogen-bond donors (Lipinski definition) is 2. The molecule has 0 bridgehead atoms. The maximum absolute atomic E-state index is 12.0. The largest absolute Gasteiger partial charge is 0.465 e. The first-order chi connectivity index (χ1) is 12.5. The Morgan fingerprint density at radius 3 is 2.54 bits per heavy atom. The van der Waals surface area contributed by atoms with E-state index in [4.69, 9.17) is 20.4 Å². The molecular weight excluding hydrogens is 352 g/mol. The van der Waals surface area contributed by atoms with Gasteiger partial charge in [-0.05, 0) is 62.4 Å². The first-order valence-electron chi connectivity index (χ1n) is 8.42. The molecule has 136 valence electrons. The van der Waals surface area contributed by atoms with Crippen molar-refractivity contribution in [3.8, 4) is 11.3 Å². The van der Waals surface area contributed by atoms with Gasteiger partial charge in [-0.15, -0.1) is 0 Å². The van der Waals surface area contributed by atoms with Crippen LogP contribution < -0.4 is 10.6 Å². The molecule has 6 heteroatoms. The second kappa shape index (κ2) is 8.25. The lowest BCUT2D eigenvalue weighted by atomic mass is 10.2. The molecule has 1 amide bonds. The summed E-state index contributed by atoms with van der Waals surface area (Å²) in [7, 11) is 0. The molecule has 0 saturated heterocycles. The zero-order valence-electron chi connectivity index (χ0n) is 14.7. The highest BCUT2D eigenvalue weighted by Gasteiger charge is 2.11. The summed E-state index contributed by atoms with van der Waals surface area (Å²) >= 11 is 5.89. The molecule has 26 heavy (non-hydrogen) atoms. The number of amides is 1. The topological polar surface area (TPSA) is 67.4 Å². The highest BCUT2D eigenvalue weighted by Crippen LogP contribution is 2.23. The highest BCUT2D eigenvalue weighted by molar-refractivity contribution is 6.30. The van der Waals surface area contributed by atoms with E-state index in [-0.39, 0.29) is 18.5 Å². The number of furan rings is 2. The molecule has 0 spiro atoms. The summed E-state index contributed by atoms with van der Waals surface area (Å²) in [6.45, 7) is 4.38. The Morgan fingerprint density at radius 1 is 1.08 bits per heavy atom. The van der Waals surface area contributed by atoms with E-state index in [1.165, 1.54) is 0 Å². The number of aryl methyl sites for hydroxylation is 1. The summed E-state index contributed by atoms with van der Waals surface area (Å²) in [6, 6.07) is 14.9. The Kier molecular flexibility index (Phi) is 5.81. The van der Waals surface area contributed by atoms with E-state index in [1.807, 2.05) is 62.4 Å². The van der Waals surface area contributed by atoms with Crippen molar-refractivity contribution in [1.82, 2.24) is 10.6 Å². The zero-order chi connectivity index (χ0) is 18.5. The van der Waals surface area contributed by atoms with E-state index in [2.05, 4.69) is 10.6 Å². The second-order valence-electron chi connectivity index (χ2n) is 6.10. The van der Waals surface area contributed by atoms with Gasteiger partial charge in [0, 0.05) is 10.6 Å². The van der Waals surface area contributed by atoms with Crippen molar-refractivity contribution < 1.29 is 13.6 Å². The summed E-state index contributed by atoms with van der Waals surface area (Å²) in [6.07, 6.45) is 0. The lowest BCUT2D eigenvalue weighted by molar-refractivity contribution is -0.120. The fourth-order valence-electron chi connectivity index (χ4n) is 2.52. The van der Waals surface area contributed by atoms with Crippen LogP contribution in [0.25, 0.3) is 11.3 Å². The maximum atomic E-state index is 12.0. The van der Waals surface area contributed by atoms with Crippen molar-refractivity contribution in [3.05, 3.63) is 70.8 Å². The summed E-state index contributed by atoms with van der Waals surface area (Å²) in [4.78, 5) is 12.0. The Hall–Kier alpha value is -2.50. The molecule has 0 aliphatic carbocycles. The molecule has 2 heterocycles. The van der Waals surface area contributed by atoms with Crippen molar-refractivity contribution in [1.29, 1.82) is 0 Å². The Balaban J connectivity index is 1.46. The van der Waals surface area contributed by atoms with Gasteiger partial charge >= 0.3 is 0 Å². The molecule has 3 rings (SSSR count). The van der Waals surface area contributed by atoms with Crippen molar-refractivity contribution in [3.63, 3.8) is 0 Å². The second-order valence-corrected chi connectivity index (χ2v) is 6.54.